The van der Waals surface area contributed by atoms with Crippen molar-refractivity contribution in [3.05, 3.63) is 87.7 Å². The molecule has 0 saturated heterocycles. The molecule has 5 rings (SSSR count). The summed E-state index contributed by atoms with van der Waals surface area (Å²) in [5.74, 6) is 0.515. The van der Waals surface area contributed by atoms with Gasteiger partial charge in [-0.15, -0.1) is 0 Å². The Morgan fingerprint density at radius 3 is 2.61 bits per heavy atom. The molecule has 1 N–H and O–H groups in total. The van der Waals surface area contributed by atoms with Crippen molar-refractivity contribution in [2.75, 3.05) is 5.32 Å². The number of nitrogens with one attached hydrogen (secondary N) is 1. The summed E-state index contributed by atoms with van der Waals surface area (Å²) >= 11 is 9.82. The van der Waals surface area contributed by atoms with Crippen molar-refractivity contribution < 1.29 is 4.39 Å². The summed E-state index contributed by atoms with van der Waals surface area (Å²) in [5, 5.41) is 5.15. The van der Waals surface area contributed by atoms with Gasteiger partial charge in [-0.25, -0.2) is 19.3 Å². The third-order valence-electron chi connectivity index (χ3n) is 5.03. The number of pyridine rings is 1. The summed E-state index contributed by atoms with van der Waals surface area (Å²) < 4.78 is 15.1. The summed E-state index contributed by atoms with van der Waals surface area (Å²) in [5.41, 5.74) is 3.53. The van der Waals surface area contributed by atoms with Crippen LogP contribution in [-0.4, -0.2) is 15.0 Å². The first-order valence-corrected chi connectivity index (χ1v) is 10.7. The SMILES string of the molecule is Cc1cccc2cc(-c3nc(Nc4ccc(Br)cc4F)c4ccccc4n3)c(Cl)nc12. The predicted molar refractivity (Wildman–Crippen MR) is 127 cm³/mol. The third kappa shape index (κ3) is 3.73. The van der Waals surface area contributed by atoms with Crippen molar-refractivity contribution in [1.82, 2.24) is 15.0 Å². The zero-order valence-electron chi connectivity index (χ0n) is 16.3. The number of aromatic nitrogens is 3. The van der Waals surface area contributed by atoms with E-state index in [4.69, 9.17) is 21.6 Å². The molecule has 0 fully saturated rings. The van der Waals surface area contributed by atoms with Crippen molar-refractivity contribution in [2.24, 2.45) is 0 Å². The summed E-state index contributed by atoms with van der Waals surface area (Å²) in [7, 11) is 0. The number of anilines is 2. The zero-order valence-corrected chi connectivity index (χ0v) is 18.7. The van der Waals surface area contributed by atoms with Crippen LogP contribution in [0, 0.1) is 12.7 Å². The molecule has 4 nitrogen and oxygen atoms in total. The van der Waals surface area contributed by atoms with Gasteiger partial charge in [0, 0.05) is 15.2 Å². The van der Waals surface area contributed by atoms with Gasteiger partial charge in [0.05, 0.1) is 22.3 Å². The Morgan fingerprint density at radius 2 is 1.77 bits per heavy atom. The number of halogens is 3. The lowest BCUT2D eigenvalue weighted by Gasteiger charge is -2.13. The summed E-state index contributed by atoms with van der Waals surface area (Å²) in [6, 6.07) is 20.3. The lowest BCUT2D eigenvalue weighted by molar-refractivity contribution is 0.631. The normalized spacial score (nSPS) is 11.2. The van der Waals surface area contributed by atoms with Crippen LogP contribution in [0.4, 0.5) is 15.9 Å². The maximum absolute atomic E-state index is 14.5. The van der Waals surface area contributed by atoms with Crippen molar-refractivity contribution >= 4 is 60.8 Å². The van der Waals surface area contributed by atoms with E-state index in [0.29, 0.717) is 38.0 Å². The van der Waals surface area contributed by atoms with Crippen molar-refractivity contribution in [3.63, 3.8) is 0 Å². The molecule has 0 bridgehead atoms. The molecular formula is C24H15BrClFN4. The van der Waals surface area contributed by atoms with Gasteiger partial charge in [0.2, 0.25) is 0 Å². The molecule has 0 atom stereocenters. The van der Waals surface area contributed by atoms with Gasteiger partial charge in [0.25, 0.3) is 0 Å². The third-order valence-corrected chi connectivity index (χ3v) is 5.81. The van der Waals surface area contributed by atoms with E-state index in [2.05, 4.69) is 26.2 Å². The minimum absolute atomic E-state index is 0.316. The van der Waals surface area contributed by atoms with E-state index >= 15 is 0 Å². The van der Waals surface area contributed by atoms with Gasteiger partial charge in [-0.05, 0) is 48.9 Å². The minimum Gasteiger partial charge on any atom is -0.337 e. The highest BCUT2D eigenvalue weighted by Crippen LogP contribution is 2.33. The number of aryl methyl sites for hydroxylation is 1. The molecule has 0 amide bonds. The van der Waals surface area contributed by atoms with Gasteiger partial charge in [-0.3, -0.25) is 0 Å². The van der Waals surface area contributed by atoms with E-state index in [0.717, 1.165) is 21.9 Å². The molecule has 0 saturated carbocycles. The smallest absolute Gasteiger partial charge is 0.165 e. The van der Waals surface area contributed by atoms with E-state index in [1.807, 2.05) is 55.5 Å². The molecule has 5 aromatic rings. The lowest BCUT2D eigenvalue weighted by atomic mass is 10.1. The predicted octanol–water partition coefficient (Wildman–Crippen LogP) is 7.45. The molecule has 0 spiro atoms. The van der Waals surface area contributed by atoms with Crippen molar-refractivity contribution in [1.29, 1.82) is 0 Å². The Kier molecular flexibility index (Phi) is 5.04. The Bertz CT molecular complexity index is 1470. The average Bonchev–Trinajstić information content (AvgIpc) is 2.76. The Hall–Kier alpha value is -3.09. The van der Waals surface area contributed by atoms with Gasteiger partial charge in [0.15, 0.2) is 5.82 Å². The number of para-hydroxylation sites is 2. The maximum atomic E-state index is 14.5. The number of hydrogen-bond donors (Lipinski definition) is 1. The molecule has 7 heteroatoms. The molecular weight excluding hydrogens is 479 g/mol. The van der Waals surface area contributed by atoms with Gasteiger partial charge in [0.1, 0.15) is 16.8 Å². The van der Waals surface area contributed by atoms with Gasteiger partial charge >= 0.3 is 0 Å². The van der Waals surface area contributed by atoms with Gasteiger partial charge in [-0.2, -0.15) is 0 Å². The number of fused-ring (bicyclic) bond motifs is 2. The zero-order chi connectivity index (χ0) is 21.5. The maximum Gasteiger partial charge on any atom is 0.165 e. The molecule has 2 aromatic heterocycles. The average molecular weight is 494 g/mol. The van der Waals surface area contributed by atoms with Crippen molar-refractivity contribution in [2.45, 2.75) is 6.92 Å². The van der Waals surface area contributed by atoms with Gasteiger partial charge in [-0.1, -0.05) is 57.9 Å². The van der Waals surface area contributed by atoms with E-state index in [1.54, 1.807) is 12.1 Å². The monoisotopic (exact) mass is 492 g/mol. The van der Waals surface area contributed by atoms with Crippen LogP contribution in [0.2, 0.25) is 5.15 Å². The van der Waals surface area contributed by atoms with Crippen LogP contribution in [0.5, 0.6) is 0 Å². The van der Waals surface area contributed by atoms with Crippen LogP contribution in [-0.2, 0) is 0 Å². The summed E-state index contributed by atoms with van der Waals surface area (Å²) in [6.45, 7) is 1.99. The van der Waals surface area contributed by atoms with Crippen molar-refractivity contribution in [3.8, 4) is 11.4 Å². The van der Waals surface area contributed by atoms with E-state index in [-0.39, 0.29) is 5.82 Å². The molecule has 3 aromatic carbocycles. The molecule has 0 aliphatic carbocycles. The lowest BCUT2D eigenvalue weighted by Crippen LogP contribution is -2.01. The number of rotatable bonds is 3. The minimum atomic E-state index is -0.389. The molecule has 152 valence electrons. The first kappa shape index (κ1) is 19.8. The van der Waals surface area contributed by atoms with Crippen LogP contribution >= 0.6 is 27.5 Å². The fraction of sp³-hybridized carbons (Fsp3) is 0.0417. The second-order valence-corrected chi connectivity index (χ2v) is 8.41. The fourth-order valence-electron chi connectivity index (χ4n) is 3.49. The largest absolute Gasteiger partial charge is 0.337 e. The molecule has 0 aliphatic rings. The Labute approximate surface area is 191 Å². The topological polar surface area (TPSA) is 50.7 Å². The quantitative estimate of drug-likeness (QED) is 0.265. The highest BCUT2D eigenvalue weighted by molar-refractivity contribution is 9.10. The first-order chi connectivity index (χ1) is 15.0. The van der Waals surface area contributed by atoms with Crippen LogP contribution in [0.25, 0.3) is 33.2 Å². The molecule has 2 heterocycles. The van der Waals surface area contributed by atoms with Crippen LogP contribution < -0.4 is 5.32 Å². The van der Waals surface area contributed by atoms with E-state index < -0.39 is 0 Å². The molecule has 31 heavy (non-hydrogen) atoms. The van der Waals surface area contributed by atoms with Crippen LogP contribution in [0.15, 0.2) is 71.2 Å². The summed E-state index contributed by atoms with van der Waals surface area (Å²) in [4.78, 5) is 14.0. The van der Waals surface area contributed by atoms with E-state index in [9.17, 15) is 4.39 Å². The second kappa shape index (κ2) is 7.87. The van der Waals surface area contributed by atoms with Crippen LogP contribution in [0.1, 0.15) is 5.56 Å². The fourth-order valence-corrected chi connectivity index (χ4v) is 4.05. The molecule has 0 unspecified atom stereocenters. The number of hydrogen-bond acceptors (Lipinski definition) is 4. The molecule has 0 radical (unpaired) electrons. The first-order valence-electron chi connectivity index (χ1n) is 9.55. The Balaban J connectivity index is 1.70. The second-order valence-electron chi connectivity index (χ2n) is 7.14. The van der Waals surface area contributed by atoms with Crippen LogP contribution in [0.3, 0.4) is 0 Å². The highest BCUT2D eigenvalue weighted by atomic mass is 79.9. The standard InChI is InChI=1S/C24H15BrClFN4/c1-13-5-4-6-14-11-17(22(26)30-21(13)14)24-28-19-8-3-2-7-16(19)23(31-24)29-20-10-9-15(25)12-18(20)27/h2-12H,1H3,(H,28,29,31). The number of benzene rings is 3. The highest BCUT2D eigenvalue weighted by Gasteiger charge is 2.15. The Morgan fingerprint density at radius 1 is 0.935 bits per heavy atom. The summed E-state index contributed by atoms with van der Waals surface area (Å²) in [6.07, 6.45) is 0. The molecule has 0 aliphatic heterocycles. The van der Waals surface area contributed by atoms with E-state index in [1.165, 1.54) is 6.07 Å². The number of nitrogens with zero attached hydrogens (tertiary/aromatic N) is 3. The van der Waals surface area contributed by atoms with Gasteiger partial charge < -0.3 is 5.32 Å².